The van der Waals surface area contributed by atoms with Crippen LogP contribution < -0.4 is 5.32 Å². The number of likely N-dealkylation sites (N-methyl/N-ethyl adjacent to an activating group) is 1. The van der Waals surface area contributed by atoms with Crippen molar-refractivity contribution in [3.8, 4) is 0 Å². The molecule has 0 amide bonds. The van der Waals surface area contributed by atoms with Crippen LogP contribution in [0.3, 0.4) is 0 Å². The molecule has 1 aromatic carbocycles. The van der Waals surface area contributed by atoms with Gasteiger partial charge in [0.15, 0.2) is 5.78 Å². The van der Waals surface area contributed by atoms with Crippen LogP contribution >= 0.6 is 0 Å². The molecule has 1 N–H and O–H groups in total. The molecule has 3 heteroatoms. The highest BCUT2D eigenvalue weighted by molar-refractivity contribution is 5.96. The SMILES string of the molecule is Cc1cccc(C(=O)CC2CNCCN2C)c1. The van der Waals surface area contributed by atoms with E-state index in [0.717, 1.165) is 30.8 Å². The van der Waals surface area contributed by atoms with E-state index >= 15 is 0 Å². The molecule has 0 aliphatic carbocycles. The quantitative estimate of drug-likeness (QED) is 0.801. The first-order valence-corrected chi connectivity index (χ1v) is 6.17. The molecule has 0 bridgehead atoms. The van der Waals surface area contributed by atoms with Gasteiger partial charge in [0.1, 0.15) is 0 Å². The van der Waals surface area contributed by atoms with Gasteiger partial charge in [0.05, 0.1) is 0 Å². The fourth-order valence-corrected chi connectivity index (χ4v) is 2.24. The average molecular weight is 232 g/mol. The van der Waals surface area contributed by atoms with Gasteiger partial charge in [-0.2, -0.15) is 0 Å². The minimum absolute atomic E-state index is 0.245. The molecule has 1 aliphatic rings. The molecule has 1 fully saturated rings. The molecular weight excluding hydrogens is 212 g/mol. The van der Waals surface area contributed by atoms with Crippen LogP contribution in [0.4, 0.5) is 0 Å². The molecule has 0 aromatic heterocycles. The Bertz CT molecular complexity index is 403. The maximum atomic E-state index is 12.2. The topological polar surface area (TPSA) is 32.3 Å². The molecule has 0 saturated carbocycles. The van der Waals surface area contributed by atoms with Gasteiger partial charge in [-0.15, -0.1) is 0 Å². The van der Waals surface area contributed by atoms with Crippen molar-refractivity contribution in [2.45, 2.75) is 19.4 Å². The number of hydrogen-bond donors (Lipinski definition) is 1. The summed E-state index contributed by atoms with van der Waals surface area (Å²) in [6.07, 6.45) is 0.604. The second-order valence-corrected chi connectivity index (χ2v) is 4.84. The number of hydrogen-bond acceptors (Lipinski definition) is 3. The van der Waals surface area contributed by atoms with Crippen LogP contribution in [-0.4, -0.2) is 43.4 Å². The summed E-state index contributed by atoms with van der Waals surface area (Å²) in [6, 6.07) is 8.18. The van der Waals surface area contributed by atoms with Gasteiger partial charge >= 0.3 is 0 Å². The van der Waals surface area contributed by atoms with Crippen molar-refractivity contribution in [1.29, 1.82) is 0 Å². The second kappa shape index (κ2) is 5.43. The van der Waals surface area contributed by atoms with Gasteiger partial charge in [-0.05, 0) is 20.0 Å². The zero-order valence-corrected chi connectivity index (χ0v) is 10.6. The van der Waals surface area contributed by atoms with Crippen molar-refractivity contribution < 1.29 is 4.79 Å². The number of nitrogens with zero attached hydrogens (tertiary/aromatic N) is 1. The molecule has 2 rings (SSSR count). The first kappa shape index (κ1) is 12.3. The normalized spacial score (nSPS) is 21.4. The number of piperazine rings is 1. The van der Waals surface area contributed by atoms with E-state index in [1.807, 2.05) is 31.2 Å². The molecule has 1 heterocycles. The summed E-state index contributed by atoms with van der Waals surface area (Å²) < 4.78 is 0. The largest absolute Gasteiger partial charge is 0.314 e. The van der Waals surface area contributed by atoms with Crippen molar-refractivity contribution in [2.24, 2.45) is 0 Å². The summed E-state index contributed by atoms with van der Waals surface area (Å²) in [4.78, 5) is 14.4. The Morgan fingerprint density at radius 3 is 3.06 bits per heavy atom. The number of carbonyl (C=O) groups is 1. The lowest BCUT2D eigenvalue weighted by Gasteiger charge is -2.32. The number of ketones is 1. The molecule has 1 aromatic rings. The Morgan fingerprint density at radius 1 is 1.53 bits per heavy atom. The summed E-state index contributed by atoms with van der Waals surface area (Å²) in [5.41, 5.74) is 1.98. The fourth-order valence-electron chi connectivity index (χ4n) is 2.24. The number of benzene rings is 1. The first-order chi connectivity index (χ1) is 8.16. The third-order valence-electron chi connectivity index (χ3n) is 3.41. The minimum Gasteiger partial charge on any atom is -0.314 e. The number of Topliss-reactive ketones (excluding diaryl/α,β-unsaturated/α-hetero) is 1. The Hall–Kier alpha value is -1.19. The zero-order chi connectivity index (χ0) is 12.3. The minimum atomic E-state index is 0.245. The van der Waals surface area contributed by atoms with E-state index in [9.17, 15) is 4.79 Å². The van der Waals surface area contributed by atoms with Crippen LogP contribution in [0.2, 0.25) is 0 Å². The fraction of sp³-hybridized carbons (Fsp3) is 0.500. The highest BCUT2D eigenvalue weighted by Crippen LogP contribution is 2.12. The Balaban J connectivity index is 2.01. The van der Waals surface area contributed by atoms with Crippen molar-refractivity contribution in [1.82, 2.24) is 10.2 Å². The van der Waals surface area contributed by atoms with Gasteiger partial charge in [-0.3, -0.25) is 4.79 Å². The summed E-state index contributed by atoms with van der Waals surface area (Å²) >= 11 is 0. The molecule has 17 heavy (non-hydrogen) atoms. The number of aryl methyl sites for hydroxylation is 1. The molecule has 1 unspecified atom stereocenters. The van der Waals surface area contributed by atoms with E-state index in [1.54, 1.807) is 0 Å². The van der Waals surface area contributed by atoms with Crippen LogP contribution in [0.25, 0.3) is 0 Å². The van der Waals surface area contributed by atoms with E-state index in [4.69, 9.17) is 0 Å². The maximum Gasteiger partial charge on any atom is 0.164 e. The zero-order valence-electron chi connectivity index (χ0n) is 10.6. The molecular formula is C14H20N2O. The van der Waals surface area contributed by atoms with Gasteiger partial charge in [0.2, 0.25) is 0 Å². The predicted molar refractivity (Wildman–Crippen MR) is 69.4 cm³/mol. The summed E-state index contributed by atoms with van der Waals surface area (Å²) in [6.45, 7) is 4.97. The number of carbonyl (C=O) groups excluding carboxylic acids is 1. The Kier molecular flexibility index (Phi) is 3.92. The van der Waals surface area contributed by atoms with Gasteiger partial charge < -0.3 is 10.2 Å². The monoisotopic (exact) mass is 232 g/mol. The van der Waals surface area contributed by atoms with E-state index < -0.39 is 0 Å². The number of nitrogens with one attached hydrogen (secondary N) is 1. The average Bonchev–Trinajstić information content (AvgIpc) is 2.32. The van der Waals surface area contributed by atoms with Crippen molar-refractivity contribution >= 4 is 5.78 Å². The van der Waals surface area contributed by atoms with Crippen molar-refractivity contribution in [2.75, 3.05) is 26.7 Å². The molecule has 0 spiro atoms. The smallest absolute Gasteiger partial charge is 0.164 e. The van der Waals surface area contributed by atoms with Gasteiger partial charge in [0, 0.05) is 37.7 Å². The van der Waals surface area contributed by atoms with Crippen LogP contribution in [0, 0.1) is 6.92 Å². The summed E-state index contributed by atoms with van der Waals surface area (Å²) in [5, 5.41) is 3.34. The highest BCUT2D eigenvalue weighted by Gasteiger charge is 2.21. The Labute approximate surface area is 103 Å². The highest BCUT2D eigenvalue weighted by atomic mass is 16.1. The van der Waals surface area contributed by atoms with Gasteiger partial charge in [-0.1, -0.05) is 23.8 Å². The van der Waals surface area contributed by atoms with Crippen LogP contribution in [0.15, 0.2) is 24.3 Å². The summed E-state index contributed by atoms with van der Waals surface area (Å²) in [7, 11) is 2.09. The standard InChI is InChI=1S/C14H20N2O/c1-11-4-3-5-12(8-11)14(17)9-13-10-15-6-7-16(13)2/h3-5,8,13,15H,6-7,9-10H2,1-2H3. The van der Waals surface area contributed by atoms with Gasteiger partial charge in [0.25, 0.3) is 0 Å². The molecule has 1 atom stereocenters. The van der Waals surface area contributed by atoms with E-state index in [2.05, 4.69) is 17.3 Å². The number of rotatable bonds is 3. The maximum absolute atomic E-state index is 12.2. The third-order valence-corrected chi connectivity index (χ3v) is 3.41. The first-order valence-electron chi connectivity index (χ1n) is 6.17. The van der Waals surface area contributed by atoms with Gasteiger partial charge in [-0.25, -0.2) is 0 Å². The van der Waals surface area contributed by atoms with E-state index in [-0.39, 0.29) is 5.78 Å². The molecule has 92 valence electrons. The Morgan fingerprint density at radius 2 is 2.35 bits per heavy atom. The van der Waals surface area contributed by atoms with E-state index in [0.29, 0.717) is 12.5 Å². The van der Waals surface area contributed by atoms with Crippen LogP contribution in [0.1, 0.15) is 22.3 Å². The summed E-state index contributed by atoms with van der Waals surface area (Å²) in [5.74, 6) is 0.245. The predicted octanol–water partition coefficient (Wildman–Crippen LogP) is 1.47. The van der Waals surface area contributed by atoms with Crippen LogP contribution in [-0.2, 0) is 0 Å². The van der Waals surface area contributed by atoms with Crippen LogP contribution in [0.5, 0.6) is 0 Å². The van der Waals surface area contributed by atoms with Crippen molar-refractivity contribution in [3.05, 3.63) is 35.4 Å². The lowest BCUT2D eigenvalue weighted by Crippen LogP contribution is -2.49. The lowest BCUT2D eigenvalue weighted by molar-refractivity contribution is 0.0917. The third kappa shape index (κ3) is 3.14. The molecule has 1 saturated heterocycles. The molecule has 1 aliphatic heterocycles. The van der Waals surface area contributed by atoms with Crippen molar-refractivity contribution in [3.63, 3.8) is 0 Å². The van der Waals surface area contributed by atoms with E-state index in [1.165, 1.54) is 0 Å². The molecule has 0 radical (unpaired) electrons. The lowest BCUT2D eigenvalue weighted by atomic mass is 10.0. The molecule has 3 nitrogen and oxygen atoms in total. The second-order valence-electron chi connectivity index (χ2n) is 4.84.